The molecule has 0 bridgehead atoms. The van der Waals surface area contributed by atoms with Crippen LogP contribution in [0.3, 0.4) is 0 Å². The number of esters is 2. The second kappa shape index (κ2) is 36.3. The molecule has 0 spiro atoms. The van der Waals surface area contributed by atoms with E-state index in [1.54, 1.807) is 0 Å². The van der Waals surface area contributed by atoms with E-state index in [0.29, 0.717) is 25.4 Å². The van der Waals surface area contributed by atoms with Crippen LogP contribution in [0.5, 0.6) is 0 Å². The molecule has 0 heterocycles. The fraction of sp³-hybridized carbons (Fsp3) is 0.750. The Morgan fingerprint density at radius 2 is 0.683 bits per heavy atom. The molecule has 0 rings (SSSR count). The average Bonchev–Trinajstić information content (AvgIpc) is 2.92. The number of rotatable bonds is 26. The topological polar surface area (TPSA) is 133 Å². The fourth-order valence-electron chi connectivity index (χ4n) is 3.89. The summed E-state index contributed by atoms with van der Waals surface area (Å²) in [7, 11) is 0. The molecule has 41 heavy (non-hydrogen) atoms. The van der Waals surface area contributed by atoms with Gasteiger partial charge in [-0.05, 0) is 25.0 Å². The number of carboxylic acid groups (broad SMARTS) is 2. The van der Waals surface area contributed by atoms with E-state index >= 15 is 0 Å². The summed E-state index contributed by atoms with van der Waals surface area (Å²) in [6, 6.07) is 0. The van der Waals surface area contributed by atoms with Crippen LogP contribution in [-0.2, 0) is 56.0 Å². The van der Waals surface area contributed by atoms with Crippen LogP contribution >= 0.6 is 0 Å². The van der Waals surface area contributed by atoms with E-state index < -0.39 is 23.9 Å². The number of carboxylic acids is 2. The van der Waals surface area contributed by atoms with Crippen LogP contribution < -0.4 is 10.2 Å². The summed E-state index contributed by atoms with van der Waals surface area (Å²) in [6.45, 7) is 5.15. The van der Waals surface area contributed by atoms with Crippen molar-refractivity contribution in [3.05, 3.63) is 24.3 Å². The summed E-state index contributed by atoms with van der Waals surface area (Å²) in [5.74, 6) is -4.02. The molecule has 0 saturated heterocycles. The van der Waals surface area contributed by atoms with Crippen molar-refractivity contribution in [1.82, 2.24) is 0 Å². The van der Waals surface area contributed by atoms with Crippen LogP contribution in [0.15, 0.2) is 24.3 Å². The van der Waals surface area contributed by atoms with E-state index in [2.05, 4.69) is 13.8 Å². The normalized spacial score (nSPS) is 10.6. The number of ether oxygens (including phenoxy) is 2. The molecular formula is C32H54CdO8. The minimum absolute atomic E-state index is 0. The predicted octanol–water partition coefficient (Wildman–Crippen LogP) is 5.51. The van der Waals surface area contributed by atoms with Gasteiger partial charge in [0, 0.05) is 12.2 Å². The Morgan fingerprint density at radius 1 is 0.439 bits per heavy atom. The van der Waals surface area contributed by atoms with Crippen LogP contribution in [0.4, 0.5) is 0 Å². The molecule has 0 aliphatic heterocycles. The summed E-state index contributed by atoms with van der Waals surface area (Å²) < 4.78 is 9.70. The largest absolute Gasteiger partial charge is 2.00 e. The molecule has 0 aromatic heterocycles. The van der Waals surface area contributed by atoms with Gasteiger partial charge >= 0.3 is 39.2 Å². The molecule has 0 fully saturated rings. The average molecular weight is 679 g/mol. The first-order valence-corrected chi connectivity index (χ1v) is 15.4. The molecule has 232 valence electrons. The Morgan fingerprint density at radius 3 is 0.927 bits per heavy atom. The van der Waals surface area contributed by atoms with Crippen molar-refractivity contribution in [3.8, 4) is 0 Å². The van der Waals surface area contributed by atoms with Gasteiger partial charge in [0.2, 0.25) is 0 Å². The molecule has 9 heteroatoms. The maximum Gasteiger partial charge on any atom is 2.00 e. The van der Waals surface area contributed by atoms with Crippen LogP contribution in [0.25, 0.3) is 0 Å². The minimum atomic E-state index is -1.39. The summed E-state index contributed by atoms with van der Waals surface area (Å²) in [4.78, 5) is 42.1. The monoisotopic (exact) mass is 680 g/mol. The summed E-state index contributed by atoms with van der Waals surface area (Å²) >= 11 is 0. The maximum absolute atomic E-state index is 11.0. The number of unbranched alkanes of at least 4 members (excludes halogenated alkanes) is 18. The molecule has 0 aliphatic carbocycles. The van der Waals surface area contributed by atoms with E-state index in [0.717, 1.165) is 37.8 Å². The number of hydrogen-bond acceptors (Lipinski definition) is 8. The van der Waals surface area contributed by atoms with Crippen molar-refractivity contribution in [2.75, 3.05) is 13.2 Å². The van der Waals surface area contributed by atoms with E-state index in [9.17, 15) is 29.4 Å². The molecule has 0 radical (unpaired) electrons. The van der Waals surface area contributed by atoms with E-state index in [-0.39, 0.29) is 27.3 Å². The summed E-state index contributed by atoms with van der Waals surface area (Å²) in [5, 5.41) is 20.1. The number of aliphatic carboxylic acids is 2. The molecule has 0 amide bonds. The van der Waals surface area contributed by atoms with Crippen LogP contribution in [-0.4, -0.2) is 37.1 Å². The second-order valence-corrected chi connectivity index (χ2v) is 10.0. The van der Waals surface area contributed by atoms with Gasteiger partial charge in [-0.25, -0.2) is 9.59 Å². The molecule has 0 atom stereocenters. The fourth-order valence-corrected chi connectivity index (χ4v) is 3.89. The van der Waals surface area contributed by atoms with Crippen molar-refractivity contribution < 1.29 is 66.2 Å². The zero-order valence-electron chi connectivity index (χ0n) is 25.8. The van der Waals surface area contributed by atoms with Gasteiger partial charge in [-0.3, -0.25) is 0 Å². The van der Waals surface area contributed by atoms with Crippen molar-refractivity contribution in [2.45, 2.75) is 142 Å². The molecular weight excluding hydrogens is 625 g/mol. The SMILES string of the molecule is CCCCCCCCCCCCOC(=O)/C=C\C(=O)[O-].CCCCCCCCCCCCOC(=O)/C=C\C(=O)[O-].[Cd+2]. The van der Waals surface area contributed by atoms with Gasteiger partial charge in [-0.2, -0.15) is 0 Å². The number of carbonyl (C=O) groups excluding carboxylic acids is 4. The summed E-state index contributed by atoms with van der Waals surface area (Å²) in [5.41, 5.74) is 0. The predicted molar refractivity (Wildman–Crippen MR) is 154 cm³/mol. The Bertz CT molecular complexity index is 633. The third kappa shape index (κ3) is 42.9. The molecule has 0 aromatic carbocycles. The Balaban J connectivity index is -0.000000688. The van der Waals surface area contributed by atoms with Crippen molar-refractivity contribution >= 4 is 23.9 Å². The Kier molecular flexibility index (Phi) is 38.7. The molecule has 8 nitrogen and oxygen atoms in total. The van der Waals surface area contributed by atoms with Crippen molar-refractivity contribution in [1.29, 1.82) is 0 Å². The standard InChI is InChI=1S/2C16H28O4.Cd/c2*1-2-3-4-5-6-7-8-9-10-11-14-20-16(19)13-12-15(17)18;/h2*12-13H,2-11,14H2,1H3,(H,17,18);/q;;+2/p-2/b2*13-12-;. The van der Waals surface area contributed by atoms with E-state index in [4.69, 9.17) is 9.47 Å². The Hall–Kier alpha value is -1.72. The first-order valence-electron chi connectivity index (χ1n) is 15.4. The van der Waals surface area contributed by atoms with Crippen LogP contribution in [0.1, 0.15) is 142 Å². The quantitative estimate of drug-likeness (QED) is 0.0506. The van der Waals surface area contributed by atoms with E-state index in [1.807, 2.05) is 0 Å². The summed E-state index contributed by atoms with van der Waals surface area (Å²) in [6.07, 6.45) is 27.6. The number of carbonyl (C=O) groups is 4. The first kappa shape index (κ1) is 43.7. The van der Waals surface area contributed by atoms with Crippen LogP contribution in [0, 0.1) is 0 Å². The van der Waals surface area contributed by atoms with Gasteiger partial charge in [0.25, 0.3) is 0 Å². The third-order valence-electron chi connectivity index (χ3n) is 6.20. The van der Waals surface area contributed by atoms with Gasteiger partial charge in [-0.15, -0.1) is 0 Å². The molecule has 0 unspecified atom stereocenters. The maximum atomic E-state index is 11.0. The Labute approximate surface area is 268 Å². The van der Waals surface area contributed by atoms with Gasteiger partial charge in [0.05, 0.1) is 25.2 Å². The second-order valence-electron chi connectivity index (χ2n) is 10.0. The van der Waals surface area contributed by atoms with E-state index in [1.165, 1.54) is 103 Å². The first-order chi connectivity index (χ1) is 19.3. The van der Waals surface area contributed by atoms with Crippen molar-refractivity contribution in [2.24, 2.45) is 0 Å². The smallest absolute Gasteiger partial charge is 0.545 e. The molecule has 0 saturated carbocycles. The zero-order chi connectivity index (χ0) is 30.1. The molecule has 0 aliphatic rings. The van der Waals surface area contributed by atoms with Gasteiger partial charge < -0.3 is 29.3 Å². The molecule has 0 N–H and O–H groups in total. The third-order valence-corrected chi connectivity index (χ3v) is 6.20. The van der Waals surface area contributed by atoms with Gasteiger partial charge in [0.15, 0.2) is 0 Å². The van der Waals surface area contributed by atoms with Crippen LogP contribution in [0.2, 0.25) is 0 Å². The van der Waals surface area contributed by atoms with Gasteiger partial charge in [0.1, 0.15) is 0 Å². The van der Waals surface area contributed by atoms with Crippen molar-refractivity contribution in [3.63, 3.8) is 0 Å². The zero-order valence-corrected chi connectivity index (χ0v) is 29.9. The minimum Gasteiger partial charge on any atom is -0.545 e. The number of hydrogen-bond donors (Lipinski definition) is 0. The van der Waals surface area contributed by atoms with Gasteiger partial charge in [-0.1, -0.05) is 129 Å². The molecule has 0 aromatic rings.